The predicted molar refractivity (Wildman–Crippen MR) is 73.2 cm³/mol. The summed E-state index contributed by atoms with van der Waals surface area (Å²) in [6.45, 7) is 1.85. The van der Waals surface area contributed by atoms with Crippen LogP contribution >= 0.6 is 0 Å². The van der Waals surface area contributed by atoms with Crippen LogP contribution in [0, 0.1) is 0 Å². The summed E-state index contributed by atoms with van der Waals surface area (Å²) < 4.78 is 0. The smallest absolute Gasteiger partial charge is 0.322 e. The van der Waals surface area contributed by atoms with Crippen molar-refractivity contribution in [2.45, 2.75) is 26.3 Å². The lowest BCUT2D eigenvalue weighted by atomic mass is 10.1. The molecule has 0 aromatic heterocycles. The van der Waals surface area contributed by atoms with Crippen LogP contribution < -0.4 is 10.6 Å². The van der Waals surface area contributed by atoms with E-state index in [1.165, 1.54) is 0 Å². The molecule has 0 aliphatic carbocycles. The molecule has 0 radical (unpaired) electrons. The van der Waals surface area contributed by atoms with Gasteiger partial charge in [0.05, 0.1) is 0 Å². The molecule has 0 fully saturated rings. The zero-order chi connectivity index (χ0) is 15.0. The highest BCUT2D eigenvalue weighted by Crippen LogP contribution is 2.05. The predicted octanol–water partition coefficient (Wildman–Crippen LogP) is 0.917. The SMILES string of the molecule is CCCC(=O)NCc1cccc(C(=O)NCC(=O)O)c1. The normalized spacial score (nSPS) is 9.85. The van der Waals surface area contributed by atoms with Crippen LogP contribution in [0.2, 0.25) is 0 Å². The lowest BCUT2D eigenvalue weighted by Crippen LogP contribution is -2.29. The summed E-state index contributed by atoms with van der Waals surface area (Å²) in [5, 5.41) is 13.5. The van der Waals surface area contributed by atoms with Gasteiger partial charge in [-0.2, -0.15) is 0 Å². The fourth-order valence-electron chi connectivity index (χ4n) is 1.60. The van der Waals surface area contributed by atoms with Crippen LogP contribution in [0.25, 0.3) is 0 Å². The van der Waals surface area contributed by atoms with E-state index in [1.54, 1.807) is 24.3 Å². The van der Waals surface area contributed by atoms with E-state index in [0.717, 1.165) is 12.0 Å². The van der Waals surface area contributed by atoms with Crippen molar-refractivity contribution in [2.75, 3.05) is 6.54 Å². The second-order valence-corrected chi connectivity index (χ2v) is 4.30. The lowest BCUT2D eigenvalue weighted by molar-refractivity contribution is -0.135. The van der Waals surface area contributed by atoms with Crippen molar-refractivity contribution in [2.24, 2.45) is 0 Å². The number of hydrogen-bond donors (Lipinski definition) is 3. The van der Waals surface area contributed by atoms with Crippen LogP contribution in [-0.2, 0) is 16.1 Å². The Kier molecular flexibility index (Phi) is 6.22. The molecule has 1 aromatic carbocycles. The lowest BCUT2D eigenvalue weighted by Gasteiger charge is -2.07. The number of benzene rings is 1. The Morgan fingerprint density at radius 1 is 1.20 bits per heavy atom. The van der Waals surface area contributed by atoms with E-state index in [4.69, 9.17) is 5.11 Å². The molecule has 0 bridgehead atoms. The first-order chi connectivity index (χ1) is 9.52. The van der Waals surface area contributed by atoms with Gasteiger partial charge in [-0.1, -0.05) is 19.1 Å². The molecule has 0 spiro atoms. The van der Waals surface area contributed by atoms with Gasteiger partial charge in [0, 0.05) is 18.5 Å². The molecule has 6 nitrogen and oxygen atoms in total. The number of carbonyl (C=O) groups excluding carboxylic acids is 2. The van der Waals surface area contributed by atoms with E-state index < -0.39 is 18.4 Å². The van der Waals surface area contributed by atoms with Gasteiger partial charge in [0.25, 0.3) is 5.91 Å². The van der Waals surface area contributed by atoms with Gasteiger partial charge in [-0.3, -0.25) is 14.4 Å². The van der Waals surface area contributed by atoms with Crippen LogP contribution in [0.15, 0.2) is 24.3 Å². The Bertz CT molecular complexity index is 500. The number of aliphatic carboxylic acids is 1. The first-order valence-electron chi connectivity index (χ1n) is 6.38. The quantitative estimate of drug-likeness (QED) is 0.691. The maximum Gasteiger partial charge on any atom is 0.322 e. The van der Waals surface area contributed by atoms with E-state index in [2.05, 4.69) is 10.6 Å². The first-order valence-corrected chi connectivity index (χ1v) is 6.38. The summed E-state index contributed by atoms with van der Waals surface area (Å²) in [6.07, 6.45) is 1.25. The molecule has 108 valence electrons. The van der Waals surface area contributed by atoms with E-state index in [-0.39, 0.29) is 5.91 Å². The summed E-state index contributed by atoms with van der Waals surface area (Å²) in [7, 11) is 0. The Morgan fingerprint density at radius 2 is 1.95 bits per heavy atom. The Labute approximate surface area is 117 Å². The van der Waals surface area contributed by atoms with Gasteiger partial charge in [0.1, 0.15) is 6.54 Å². The van der Waals surface area contributed by atoms with Crippen molar-refractivity contribution < 1.29 is 19.5 Å². The molecular formula is C14H18N2O4. The summed E-state index contributed by atoms with van der Waals surface area (Å²) in [6, 6.07) is 6.70. The zero-order valence-corrected chi connectivity index (χ0v) is 11.3. The number of carboxylic acid groups (broad SMARTS) is 1. The van der Waals surface area contributed by atoms with Gasteiger partial charge in [0.15, 0.2) is 0 Å². The summed E-state index contributed by atoms with van der Waals surface area (Å²) in [5.74, 6) is -1.58. The number of rotatable bonds is 7. The minimum absolute atomic E-state index is 0.0340. The Hall–Kier alpha value is -2.37. The summed E-state index contributed by atoms with van der Waals surface area (Å²) >= 11 is 0. The van der Waals surface area contributed by atoms with Gasteiger partial charge in [-0.25, -0.2) is 0 Å². The van der Waals surface area contributed by atoms with E-state index >= 15 is 0 Å². The number of amides is 2. The minimum atomic E-state index is -1.10. The summed E-state index contributed by atoms with van der Waals surface area (Å²) in [4.78, 5) is 33.4. The molecule has 3 N–H and O–H groups in total. The van der Waals surface area contributed by atoms with Crippen LogP contribution in [0.4, 0.5) is 0 Å². The average Bonchev–Trinajstić information content (AvgIpc) is 2.43. The third-order valence-corrected chi connectivity index (χ3v) is 2.56. The molecule has 0 saturated carbocycles. The molecule has 0 saturated heterocycles. The molecule has 2 amide bonds. The molecule has 0 aliphatic heterocycles. The van der Waals surface area contributed by atoms with E-state index in [1.807, 2.05) is 6.92 Å². The fourth-order valence-corrected chi connectivity index (χ4v) is 1.60. The Balaban J connectivity index is 2.59. The molecule has 6 heteroatoms. The van der Waals surface area contributed by atoms with Gasteiger partial charge in [-0.15, -0.1) is 0 Å². The van der Waals surface area contributed by atoms with Crippen LogP contribution in [-0.4, -0.2) is 29.4 Å². The largest absolute Gasteiger partial charge is 0.480 e. The van der Waals surface area contributed by atoms with Crippen molar-refractivity contribution in [3.63, 3.8) is 0 Å². The Morgan fingerprint density at radius 3 is 2.60 bits per heavy atom. The average molecular weight is 278 g/mol. The zero-order valence-electron chi connectivity index (χ0n) is 11.3. The number of carboxylic acids is 1. The molecule has 1 rings (SSSR count). The number of hydrogen-bond acceptors (Lipinski definition) is 3. The molecule has 0 atom stereocenters. The van der Waals surface area contributed by atoms with Gasteiger partial charge < -0.3 is 15.7 Å². The van der Waals surface area contributed by atoms with Gasteiger partial charge >= 0.3 is 5.97 Å². The van der Waals surface area contributed by atoms with Crippen molar-refractivity contribution in [1.29, 1.82) is 0 Å². The minimum Gasteiger partial charge on any atom is -0.480 e. The number of nitrogens with one attached hydrogen (secondary N) is 2. The molecule has 20 heavy (non-hydrogen) atoms. The van der Waals surface area contributed by atoms with Gasteiger partial charge in [0.2, 0.25) is 5.91 Å². The highest BCUT2D eigenvalue weighted by Gasteiger charge is 2.08. The van der Waals surface area contributed by atoms with Crippen molar-refractivity contribution in [3.8, 4) is 0 Å². The number of carbonyl (C=O) groups is 3. The van der Waals surface area contributed by atoms with Crippen molar-refractivity contribution >= 4 is 17.8 Å². The maximum atomic E-state index is 11.7. The highest BCUT2D eigenvalue weighted by molar-refractivity contribution is 5.95. The molecular weight excluding hydrogens is 260 g/mol. The molecule has 0 unspecified atom stereocenters. The monoisotopic (exact) mass is 278 g/mol. The third kappa shape index (κ3) is 5.51. The molecule has 0 aliphatic rings. The van der Waals surface area contributed by atoms with Crippen molar-refractivity contribution in [3.05, 3.63) is 35.4 Å². The highest BCUT2D eigenvalue weighted by atomic mass is 16.4. The van der Waals surface area contributed by atoms with Crippen LogP contribution in [0.5, 0.6) is 0 Å². The maximum absolute atomic E-state index is 11.7. The second kappa shape index (κ2) is 7.93. The van der Waals surface area contributed by atoms with Crippen LogP contribution in [0.1, 0.15) is 35.7 Å². The summed E-state index contributed by atoms with van der Waals surface area (Å²) in [5.41, 5.74) is 1.16. The van der Waals surface area contributed by atoms with E-state index in [9.17, 15) is 14.4 Å². The van der Waals surface area contributed by atoms with Crippen molar-refractivity contribution in [1.82, 2.24) is 10.6 Å². The van der Waals surface area contributed by atoms with Crippen LogP contribution in [0.3, 0.4) is 0 Å². The first kappa shape index (κ1) is 15.7. The molecule has 0 heterocycles. The van der Waals surface area contributed by atoms with Gasteiger partial charge in [-0.05, 0) is 24.1 Å². The second-order valence-electron chi connectivity index (χ2n) is 4.30. The standard InChI is InChI=1S/C14H18N2O4/c1-2-4-12(17)15-8-10-5-3-6-11(7-10)14(20)16-9-13(18)19/h3,5-7H,2,4,8-9H2,1H3,(H,15,17)(H,16,20)(H,18,19). The topological polar surface area (TPSA) is 95.5 Å². The molecule has 1 aromatic rings. The fraction of sp³-hybridized carbons (Fsp3) is 0.357. The third-order valence-electron chi connectivity index (χ3n) is 2.56. The van der Waals surface area contributed by atoms with E-state index in [0.29, 0.717) is 18.5 Å².